The highest BCUT2D eigenvalue weighted by Crippen LogP contribution is 2.23. The van der Waals surface area contributed by atoms with Gasteiger partial charge >= 0.3 is 0 Å². The first-order valence-corrected chi connectivity index (χ1v) is 9.25. The summed E-state index contributed by atoms with van der Waals surface area (Å²) in [4.78, 5) is 21.2. The van der Waals surface area contributed by atoms with Gasteiger partial charge in [0.1, 0.15) is 23.5 Å². The Morgan fingerprint density at radius 1 is 1.18 bits per heavy atom. The van der Waals surface area contributed by atoms with E-state index in [1.165, 1.54) is 24.3 Å². The Balaban J connectivity index is 1.68. The zero-order valence-corrected chi connectivity index (χ0v) is 16.1. The molecule has 0 atom stereocenters. The first kappa shape index (κ1) is 19.6. The lowest BCUT2D eigenvalue weighted by molar-refractivity contribution is -0.145. The molecule has 7 heteroatoms. The van der Waals surface area contributed by atoms with Crippen molar-refractivity contribution in [2.45, 2.75) is 25.9 Å². The van der Waals surface area contributed by atoms with E-state index in [9.17, 15) is 14.4 Å². The molecule has 0 saturated carbocycles. The van der Waals surface area contributed by atoms with Crippen LogP contribution in [0.2, 0.25) is 0 Å². The number of hydrogen-bond acceptors (Lipinski definition) is 5. The second-order valence-electron chi connectivity index (χ2n) is 7.19. The molecule has 3 rings (SSSR count). The third-order valence-electron chi connectivity index (χ3n) is 4.69. The number of hydrogen-bond donors (Lipinski definition) is 0. The standard InChI is InChI=1S/C21H23FN4O2/c1-21(2,28-18-8-6-17(22)7-9-18)20(27)26-12-4-11-25(13-14-26)19-16(15-23)5-3-10-24-19/h3,5-10H,4,11-14H2,1-2H3. The maximum atomic E-state index is 13.1. The van der Waals surface area contributed by atoms with Crippen molar-refractivity contribution in [2.24, 2.45) is 0 Å². The van der Waals surface area contributed by atoms with Crippen LogP contribution >= 0.6 is 0 Å². The van der Waals surface area contributed by atoms with E-state index in [4.69, 9.17) is 4.74 Å². The molecule has 6 nitrogen and oxygen atoms in total. The summed E-state index contributed by atoms with van der Waals surface area (Å²) < 4.78 is 18.9. The van der Waals surface area contributed by atoms with Gasteiger partial charge in [-0.2, -0.15) is 5.26 Å². The van der Waals surface area contributed by atoms with Crippen molar-refractivity contribution in [1.29, 1.82) is 5.26 Å². The van der Waals surface area contributed by atoms with Crippen molar-refractivity contribution in [1.82, 2.24) is 9.88 Å². The molecule has 1 saturated heterocycles. The molecule has 2 heterocycles. The van der Waals surface area contributed by atoms with Crippen LogP contribution in [0.3, 0.4) is 0 Å². The normalized spacial score (nSPS) is 14.9. The van der Waals surface area contributed by atoms with Crippen LogP contribution in [0.4, 0.5) is 10.2 Å². The Kier molecular flexibility index (Phi) is 5.78. The van der Waals surface area contributed by atoms with E-state index in [1.807, 2.05) is 4.90 Å². The Morgan fingerprint density at radius 2 is 1.93 bits per heavy atom. The van der Waals surface area contributed by atoms with Crippen molar-refractivity contribution in [3.63, 3.8) is 0 Å². The molecule has 0 N–H and O–H groups in total. The minimum absolute atomic E-state index is 0.125. The van der Waals surface area contributed by atoms with E-state index in [0.29, 0.717) is 43.3 Å². The van der Waals surface area contributed by atoms with Crippen LogP contribution < -0.4 is 9.64 Å². The van der Waals surface area contributed by atoms with Crippen molar-refractivity contribution < 1.29 is 13.9 Å². The van der Waals surface area contributed by atoms with Gasteiger partial charge in [0, 0.05) is 32.4 Å². The maximum absolute atomic E-state index is 13.1. The van der Waals surface area contributed by atoms with E-state index in [2.05, 4.69) is 11.1 Å². The molecule has 0 aliphatic carbocycles. The number of pyridine rings is 1. The topological polar surface area (TPSA) is 69.5 Å². The van der Waals surface area contributed by atoms with Crippen LogP contribution in [0.25, 0.3) is 0 Å². The molecule has 146 valence electrons. The first-order valence-electron chi connectivity index (χ1n) is 9.25. The lowest BCUT2D eigenvalue weighted by Gasteiger charge is -2.32. The number of rotatable bonds is 4. The number of amides is 1. The minimum Gasteiger partial charge on any atom is -0.478 e. The number of nitrogens with zero attached hydrogens (tertiary/aromatic N) is 4. The molecular formula is C21H23FN4O2. The van der Waals surface area contributed by atoms with Crippen LogP contribution in [-0.4, -0.2) is 47.6 Å². The van der Waals surface area contributed by atoms with E-state index in [-0.39, 0.29) is 11.7 Å². The Bertz CT molecular complexity index is 877. The number of halogens is 1. The van der Waals surface area contributed by atoms with E-state index in [1.54, 1.807) is 37.1 Å². The van der Waals surface area contributed by atoms with Crippen LogP contribution in [0, 0.1) is 17.1 Å². The van der Waals surface area contributed by atoms with E-state index in [0.717, 1.165) is 6.42 Å². The van der Waals surface area contributed by atoms with Crippen molar-refractivity contribution in [3.05, 3.63) is 54.0 Å². The second kappa shape index (κ2) is 8.26. The molecule has 1 aliphatic rings. The van der Waals surface area contributed by atoms with Gasteiger partial charge in [0.2, 0.25) is 0 Å². The molecule has 1 amide bonds. The fraction of sp³-hybridized carbons (Fsp3) is 0.381. The number of anilines is 1. The zero-order chi connectivity index (χ0) is 20.1. The fourth-order valence-electron chi connectivity index (χ4n) is 3.29. The summed E-state index contributed by atoms with van der Waals surface area (Å²) in [6.45, 7) is 5.84. The van der Waals surface area contributed by atoms with Gasteiger partial charge in [-0.15, -0.1) is 0 Å². The van der Waals surface area contributed by atoms with Crippen LogP contribution in [-0.2, 0) is 4.79 Å². The molecule has 1 aromatic carbocycles. The lowest BCUT2D eigenvalue weighted by atomic mass is 10.1. The number of nitriles is 1. The fourth-order valence-corrected chi connectivity index (χ4v) is 3.29. The van der Waals surface area contributed by atoms with Crippen molar-refractivity contribution in [2.75, 3.05) is 31.1 Å². The first-order chi connectivity index (χ1) is 13.4. The summed E-state index contributed by atoms with van der Waals surface area (Å²) in [6.07, 6.45) is 2.43. The highest BCUT2D eigenvalue weighted by Gasteiger charge is 2.35. The monoisotopic (exact) mass is 382 g/mol. The van der Waals surface area contributed by atoms with Crippen LogP contribution in [0.5, 0.6) is 5.75 Å². The largest absolute Gasteiger partial charge is 0.478 e. The Morgan fingerprint density at radius 3 is 2.64 bits per heavy atom. The molecule has 1 aliphatic heterocycles. The summed E-state index contributed by atoms with van der Waals surface area (Å²) in [5.41, 5.74) is -0.544. The number of ether oxygens (including phenoxy) is 1. The van der Waals surface area contributed by atoms with Crippen LogP contribution in [0.15, 0.2) is 42.6 Å². The SMILES string of the molecule is CC(C)(Oc1ccc(F)cc1)C(=O)N1CCCN(c2ncccc2C#N)CC1. The summed E-state index contributed by atoms with van der Waals surface area (Å²) in [7, 11) is 0. The van der Waals surface area contributed by atoms with Gasteiger partial charge in [-0.1, -0.05) is 0 Å². The number of carbonyl (C=O) groups excluding carboxylic acids is 1. The number of aromatic nitrogens is 1. The molecule has 28 heavy (non-hydrogen) atoms. The predicted molar refractivity (Wildman–Crippen MR) is 103 cm³/mol. The molecule has 0 spiro atoms. The molecule has 2 aromatic rings. The van der Waals surface area contributed by atoms with Crippen LogP contribution in [0.1, 0.15) is 25.8 Å². The van der Waals surface area contributed by atoms with Gasteiger partial charge < -0.3 is 14.5 Å². The highest BCUT2D eigenvalue weighted by atomic mass is 19.1. The highest BCUT2D eigenvalue weighted by molar-refractivity contribution is 5.85. The second-order valence-corrected chi connectivity index (χ2v) is 7.19. The summed E-state index contributed by atoms with van der Waals surface area (Å²) >= 11 is 0. The maximum Gasteiger partial charge on any atom is 0.266 e. The third-order valence-corrected chi connectivity index (χ3v) is 4.69. The molecule has 1 aromatic heterocycles. The lowest BCUT2D eigenvalue weighted by Crippen LogP contribution is -2.50. The van der Waals surface area contributed by atoms with Gasteiger partial charge in [0.05, 0.1) is 5.56 Å². The third kappa shape index (κ3) is 4.39. The molecule has 0 bridgehead atoms. The van der Waals surface area contributed by atoms with Gasteiger partial charge in [0.15, 0.2) is 5.60 Å². The van der Waals surface area contributed by atoms with Crippen molar-refractivity contribution >= 4 is 11.7 Å². The average Bonchev–Trinajstić information content (AvgIpc) is 2.95. The van der Waals surface area contributed by atoms with E-state index >= 15 is 0 Å². The van der Waals surface area contributed by atoms with Gasteiger partial charge in [-0.05, 0) is 56.7 Å². The molecule has 0 unspecified atom stereocenters. The number of benzene rings is 1. The average molecular weight is 382 g/mol. The summed E-state index contributed by atoms with van der Waals surface area (Å²) in [5, 5.41) is 9.30. The van der Waals surface area contributed by atoms with Gasteiger partial charge in [-0.3, -0.25) is 4.79 Å². The Hall–Kier alpha value is -3.14. The molecule has 1 fully saturated rings. The van der Waals surface area contributed by atoms with Crippen molar-refractivity contribution in [3.8, 4) is 11.8 Å². The number of carbonyl (C=O) groups is 1. The quantitative estimate of drug-likeness (QED) is 0.813. The zero-order valence-electron chi connectivity index (χ0n) is 16.1. The predicted octanol–water partition coefficient (Wildman–Crippen LogP) is 2.99. The molecule has 0 radical (unpaired) electrons. The smallest absolute Gasteiger partial charge is 0.266 e. The summed E-state index contributed by atoms with van der Waals surface area (Å²) in [6, 6.07) is 11.3. The minimum atomic E-state index is -1.07. The molecular weight excluding hydrogens is 359 g/mol. The summed E-state index contributed by atoms with van der Waals surface area (Å²) in [5.74, 6) is 0.625. The van der Waals surface area contributed by atoms with Gasteiger partial charge in [-0.25, -0.2) is 9.37 Å². The van der Waals surface area contributed by atoms with E-state index < -0.39 is 5.60 Å². The van der Waals surface area contributed by atoms with Gasteiger partial charge in [0.25, 0.3) is 5.91 Å². The Labute approximate surface area is 164 Å².